The monoisotopic (exact) mass is 394 g/mol. The minimum Gasteiger partial charge on any atom is -0.451 e. The van der Waals surface area contributed by atoms with Crippen molar-refractivity contribution in [1.82, 2.24) is 19.4 Å². The Hall–Kier alpha value is -2.93. The van der Waals surface area contributed by atoms with E-state index in [1.807, 2.05) is 12.4 Å². The number of carbonyl (C=O) groups excluding carboxylic acids is 1. The number of hydrogen-bond acceptors (Lipinski definition) is 5. The van der Waals surface area contributed by atoms with Crippen LogP contribution < -0.4 is 5.43 Å². The van der Waals surface area contributed by atoms with Gasteiger partial charge in [0.1, 0.15) is 11.4 Å². The second kappa shape index (κ2) is 8.21. The van der Waals surface area contributed by atoms with Gasteiger partial charge in [0.05, 0.1) is 5.39 Å². The Morgan fingerprint density at radius 2 is 1.90 bits per heavy atom. The van der Waals surface area contributed by atoms with Gasteiger partial charge in [-0.15, -0.1) is 0 Å². The van der Waals surface area contributed by atoms with Crippen molar-refractivity contribution in [3.63, 3.8) is 0 Å². The summed E-state index contributed by atoms with van der Waals surface area (Å²) in [6.45, 7) is 8.95. The van der Waals surface area contributed by atoms with Crippen molar-refractivity contribution in [3.8, 4) is 0 Å². The van der Waals surface area contributed by atoms with Crippen molar-refractivity contribution in [2.75, 3.05) is 32.7 Å². The molecule has 0 radical (unpaired) electrons. The summed E-state index contributed by atoms with van der Waals surface area (Å²) in [4.78, 5) is 33.6. The molecule has 4 rings (SSSR count). The summed E-state index contributed by atoms with van der Waals surface area (Å²) in [5, 5.41) is 0.495. The number of imidazole rings is 1. The molecule has 29 heavy (non-hydrogen) atoms. The lowest BCUT2D eigenvalue weighted by Crippen LogP contribution is -2.49. The van der Waals surface area contributed by atoms with Crippen LogP contribution in [0.25, 0.3) is 11.0 Å². The number of hydrogen-bond donors (Lipinski definition) is 0. The highest BCUT2D eigenvalue weighted by Crippen LogP contribution is 2.15. The molecular weight excluding hydrogens is 368 g/mol. The van der Waals surface area contributed by atoms with Gasteiger partial charge in [0.25, 0.3) is 5.91 Å². The summed E-state index contributed by atoms with van der Waals surface area (Å²) >= 11 is 0. The fourth-order valence-corrected chi connectivity index (χ4v) is 3.80. The Bertz CT molecular complexity index is 1060. The van der Waals surface area contributed by atoms with Gasteiger partial charge in [0, 0.05) is 63.6 Å². The smallest absolute Gasteiger partial charge is 0.289 e. The molecule has 152 valence electrons. The van der Waals surface area contributed by atoms with Gasteiger partial charge in [-0.3, -0.25) is 14.5 Å². The molecule has 1 aliphatic rings. The van der Waals surface area contributed by atoms with E-state index in [2.05, 4.69) is 28.3 Å². The molecule has 1 aliphatic heterocycles. The Morgan fingerprint density at radius 3 is 2.66 bits per heavy atom. The van der Waals surface area contributed by atoms with E-state index in [0.29, 0.717) is 30.0 Å². The van der Waals surface area contributed by atoms with Gasteiger partial charge in [0.2, 0.25) is 0 Å². The van der Waals surface area contributed by atoms with Crippen LogP contribution in [0, 0.1) is 0 Å². The summed E-state index contributed by atoms with van der Waals surface area (Å²) in [6, 6.07) is 8.31. The van der Waals surface area contributed by atoms with Crippen molar-refractivity contribution in [3.05, 3.63) is 64.5 Å². The average Bonchev–Trinajstić information content (AvgIpc) is 3.21. The number of nitrogens with zero attached hydrogens (tertiary/aromatic N) is 4. The molecule has 7 nitrogen and oxygen atoms in total. The van der Waals surface area contributed by atoms with E-state index in [0.717, 1.165) is 32.0 Å². The highest BCUT2D eigenvalue weighted by Gasteiger charge is 2.24. The predicted molar refractivity (Wildman–Crippen MR) is 111 cm³/mol. The normalized spacial score (nSPS) is 15.3. The maximum absolute atomic E-state index is 12.8. The molecule has 2 aromatic heterocycles. The van der Waals surface area contributed by atoms with Crippen LogP contribution in [0.1, 0.15) is 36.1 Å². The molecule has 0 saturated carbocycles. The lowest BCUT2D eigenvalue weighted by Gasteiger charge is -2.34. The van der Waals surface area contributed by atoms with E-state index in [-0.39, 0.29) is 17.1 Å². The maximum atomic E-state index is 12.8. The maximum Gasteiger partial charge on any atom is 0.289 e. The van der Waals surface area contributed by atoms with E-state index >= 15 is 0 Å². The first kappa shape index (κ1) is 19.4. The Kier molecular flexibility index (Phi) is 5.49. The molecule has 1 amide bonds. The molecule has 0 N–H and O–H groups in total. The van der Waals surface area contributed by atoms with Gasteiger partial charge in [-0.2, -0.15) is 0 Å². The van der Waals surface area contributed by atoms with Gasteiger partial charge in [-0.25, -0.2) is 4.98 Å². The largest absolute Gasteiger partial charge is 0.451 e. The molecule has 1 fully saturated rings. The molecule has 0 unspecified atom stereocenters. The van der Waals surface area contributed by atoms with E-state index < -0.39 is 0 Å². The molecular formula is C22H26N4O3. The molecule has 1 aromatic carbocycles. The quantitative estimate of drug-likeness (QED) is 0.665. The van der Waals surface area contributed by atoms with E-state index in [1.165, 1.54) is 6.07 Å². The Morgan fingerprint density at radius 1 is 1.14 bits per heavy atom. The predicted octanol–water partition coefficient (Wildman–Crippen LogP) is 2.57. The third-order valence-electron chi connectivity index (χ3n) is 5.43. The third kappa shape index (κ3) is 4.10. The van der Waals surface area contributed by atoms with Crippen LogP contribution in [0.2, 0.25) is 0 Å². The minimum absolute atomic E-state index is 0.113. The van der Waals surface area contributed by atoms with Crippen LogP contribution in [-0.2, 0) is 6.54 Å². The SMILES string of the molecule is CC(C)c1nccn1CCN1CCN(C(=O)c2cc(=O)c3ccccc3o2)CC1. The first-order chi connectivity index (χ1) is 14.0. The van der Waals surface area contributed by atoms with Gasteiger partial charge in [-0.1, -0.05) is 26.0 Å². The van der Waals surface area contributed by atoms with Gasteiger partial charge in [0.15, 0.2) is 11.2 Å². The van der Waals surface area contributed by atoms with Crippen LogP contribution in [0.3, 0.4) is 0 Å². The first-order valence-corrected chi connectivity index (χ1v) is 10.1. The highest BCUT2D eigenvalue weighted by molar-refractivity contribution is 5.93. The Balaban J connectivity index is 1.36. The zero-order valence-electron chi connectivity index (χ0n) is 16.9. The number of para-hydroxylation sites is 1. The fourth-order valence-electron chi connectivity index (χ4n) is 3.80. The van der Waals surface area contributed by atoms with Crippen LogP contribution >= 0.6 is 0 Å². The summed E-state index contributed by atoms with van der Waals surface area (Å²) in [7, 11) is 0. The number of carbonyl (C=O) groups is 1. The van der Waals surface area contributed by atoms with Gasteiger partial charge >= 0.3 is 0 Å². The number of amides is 1. The van der Waals surface area contributed by atoms with Crippen molar-refractivity contribution in [1.29, 1.82) is 0 Å². The second-order valence-corrected chi connectivity index (χ2v) is 7.74. The lowest BCUT2D eigenvalue weighted by atomic mass is 10.2. The summed E-state index contributed by atoms with van der Waals surface area (Å²) in [5.74, 6) is 1.40. The molecule has 0 bridgehead atoms. The van der Waals surface area contributed by atoms with E-state index in [1.54, 1.807) is 29.2 Å². The molecule has 0 aliphatic carbocycles. The van der Waals surface area contributed by atoms with Crippen molar-refractivity contribution >= 4 is 16.9 Å². The molecule has 7 heteroatoms. The second-order valence-electron chi connectivity index (χ2n) is 7.74. The number of aromatic nitrogens is 2. The standard InChI is InChI=1S/C22H26N4O3/c1-16(2)21-23-7-8-25(21)12-9-24-10-13-26(14-11-24)22(28)20-15-18(27)17-5-3-4-6-19(17)29-20/h3-8,15-16H,9-14H2,1-2H3. The van der Waals surface area contributed by atoms with Crippen LogP contribution in [0.5, 0.6) is 0 Å². The zero-order chi connectivity index (χ0) is 20.4. The zero-order valence-corrected chi connectivity index (χ0v) is 16.9. The number of benzene rings is 1. The summed E-state index contributed by atoms with van der Waals surface area (Å²) in [5.41, 5.74) is 0.262. The topological polar surface area (TPSA) is 71.6 Å². The van der Waals surface area contributed by atoms with Gasteiger partial charge < -0.3 is 13.9 Å². The summed E-state index contributed by atoms with van der Waals surface area (Å²) < 4.78 is 7.90. The molecule has 0 spiro atoms. The molecule has 0 atom stereocenters. The minimum atomic E-state index is -0.218. The number of rotatable bonds is 5. The fraction of sp³-hybridized carbons (Fsp3) is 0.409. The van der Waals surface area contributed by atoms with Crippen LogP contribution in [0.15, 0.2) is 51.9 Å². The Labute approximate surface area is 169 Å². The van der Waals surface area contributed by atoms with Crippen molar-refractivity contribution in [2.24, 2.45) is 0 Å². The van der Waals surface area contributed by atoms with Crippen molar-refractivity contribution < 1.29 is 9.21 Å². The van der Waals surface area contributed by atoms with Crippen LogP contribution in [-0.4, -0.2) is 58.0 Å². The number of fused-ring (bicyclic) bond motifs is 1. The summed E-state index contributed by atoms with van der Waals surface area (Å²) in [6.07, 6.45) is 3.88. The average molecular weight is 394 g/mol. The van der Waals surface area contributed by atoms with E-state index in [9.17, 15) is 9.59 Å². The van der Waals surface area contributed by atoms with E-state index in [4.69, 9.17) is 4.42 Å². The van der Waals surface area contributed by atoms with Crippen molar-refractivity contribution in [2.45, 2.75) is 26.3 Å². The molecule has 1 saturated heterocycles. The molecule has 3 aromatic rings. The first-order valence-electron chi connectivity index (χ1n) is 10.1. The van der Waals surface area contributed by atoms with Crippen LogP contribution in [0.4, 0.5) is 0 Å². The third-order valence-corrected chi connectivity index (χ3v) is 5.43. The lowest BCUT2D eigenvalue weighted by molar-refractivity contribution is 0.0602. The van der Waals surface area contributed by atoms with Gasteiger partial charge in [-0.05, 0) is 12.1 Å². The number of piperazine rings is 1. The molecule has 3 heterocycles. The highest BCUT2D eigenvalue weighted by atomic mass is 16.3.